The maximum Gasteiger partial charge on any atom is 0.305 e. The molecule has 0 aromatic carbocycles. The predicted molar refractivity (Wildman–Crippen MR) is 203 cm³/mol. The first kappa shape index (κ1) is 46.3. The standard InChI is InChI=1S/C21H37NO4.C20H35NO4/c1-3-4-7-12-19(23)16-15-18-11-10-13-20(24)22(18)17-9-6-5-8-14-21(25)26-2;1-2-3-6-11-18(22)15-14-17-10-9-12-19(23)21(17)16-8-5-4-7-13-20(24)25/h15-16,18-19,23H,3-14,17H2,1-2H3;14-15,17-18,22H,2-13,16H2,1H3,(H,24,25)/b16-15+;15-14+/t18-,19?;17-,18?/m11/s1. The lowest BCUT2D eigenvalue weighted by Crippen LogP contribution is -2.43. The Morgan fingerprint density at radius 1 is 0.686 bits per heavy atom. The second-order valence-corrected chi connectivity index (χ2v) is 14.3. The highest BCUT2D eigenvalue weighted by Gasteiger charge is 2.27. The van der Waals surface area contributed by atoms with Crippen molar-refractivity contribution < 1.29 is 39.2 Å². The number of unbranched alkanes of at least 4 members (excludes halogenated alkanes) is 10. The second kappa shape index (κ2) is 29.8. The maximum absolute atomic E-state index is 12.3. The molecule has 0 aromatic heterocycles. The van der Waals surface area contributed by atoms with Crippen LogP contribution in [0.25, 0.3) is 0 Å². The number of hydrogen-bond donors (Lipinski definition) is 3. The van der Waals surface area contributed by atoms with Gasteiger partial charge in [-0.15, -0.1) is 0 Å². The number of hydrogen-bond acceptors (Lipinski definition) is 7. The number of nitrogens with zero attached hydrogens (tertiary/aromatic N) is 2. The number of aliphatic hydroxyl groups excluding tert-OH is 2. The normalized spacial score (nSPS) is 19.3. The van der Waals surface area contributed by atoms with Crippen LogP contribution in [0.15, 0.2) is 24.3 Å². The summed E-state index contributed by atoms with van der Waals surface area (Å²) < 4.78 is 4.64. The molecule has 0 aromatic rings. The number of carboxylic acid groups (broad SMARTS) is 1. The van der Waals surface area contributed by atoms with E-state index in [4.69, 9.17) is 5.11 Å². The number of piperidine rings is 2. The van der Waals surface area contributed by atoms with Gasteiger partial charge < -0.3 is 29.9 Å². The van der Waals surface area contributed by atoms with Crippen molar-refractivity contribution in [3.8, 4) is 0 Å². The van der Waals surface area contributed by atoms with Gasteiger partial charge in [-0.2, -0.15) is 0 Å². The van der Waals surface area contributed by atoms with Crippen LogP contribution in [0.4, 0.5) is 0 Å². The van der Waals surface area contributed by atoms with Crippen molar-refractivity contribution >= 4 is 23.8 Å². The Labute approximate surface area is 309 Å². The van der Waals surface area contributed by atoms with Gasteiger partial charge in [0, 0.05) is 38.8 Å². The molecule has 294 valence electrons. The third kappa shape index (κ3) is 22.7. The Hall–Kier alpha value is -2.72. The molecule has 2 saturated heterocycles. The lowest BCUT2D eigenvalue weighted by atomic mass is 9.99. The van der Waals surface area contributed by atoms with Crippen LogP contribution in [0, 0.1) is 0 Å². The number of carboxylic acids is 1. The van der Waals surface area contributed by atoms with Crippen molar-refractivity contribution in [2.75, 3.05) is 20.2 Å². The fourth-order valence-corrected chi connectivity index (χ4v) is 6.71. The van der Waals surface area contributed by atoms with Crippen LogP contribution < -0.4 is 0 Å². The fourth-order valence-electron chi connectivity index (χ4n) is 6.71. The van der Waals surface area contributed by atoms with E-state index in [0.717, 1.165) is 135 Å². The van der Waals surface area contributed by atoms with Gasteiger partial charge in [-0.1, -0.05) is 102 Å². The van der Waals surface area contributed by atoms with Gasteiger partial charge in [-0.3, -0.25) is 19.2 Å². The number of esters is 1. The van der Waals surface area contributed by atoms with Gasteiger partial charge in [0.1, 0.15) is 0 Å². The molecule has 2 heterocycles. The van der Waals surface area contributed by atoms with E-state index in [2.05, 4.69) is 18.6 Å². The average molecular weight is 721 g/mol. The Bertz CT molecular complexity index is 1020. The number of amides is 2. The minimum absolute atomic E-state index is 0.0982. The van der Waals surface area contributed by atoms with Crippen LogP contribution >= 0.6 is 0 Å². The van der Waals surface area contributed by atoms with Crippen LogP contribution in [-0.4, -0.2) is 93.4 Å². The predicted octanol–water partition coefficient (Wildman–Crippen LogP) is 7.89. The summed E-state index contributed by atoms with van der Waals surface area (Å²) in [5, 5.41) is 28.7. The van der Waals surface area contributed by atoms with Crippen molar-refractivity contribution in [2.45, 2.75) is 192 Å². The summed E-state index contributed by atoms with van der Waals surface area (Å²) in [4.78, 5) is 50.0. The SMILES string of the molecule is CCCCCC(O)/C=C/[C@H]1CCCC(=O)N1CCCCCCC(=O)O.CCCCCC(O)/C=C/[C@H]1CCCC(=O)N1CCCCCCC(=O)OC. The average Bonchev–Trinajstić information content (AvgIpc) is 3.11. The third-order valence-electron chi connectivity index (χ3n) is 9.84. The Balaban J connectivity index is 0.000000510. The number of carbonyl (C=O) groups excluding carboxylic acids is 3. The van der Waals surface area contributed by atoms with Crippen LogP contribution in [-0.2, 0) is 23.9 Å². The summed E-state index contributed by atoms with van der Waals surface area (Å²) in [7, 11) is 1.42. The molecule has 10 nitrogen and oxygen atoms in total. The molecule has 2 aliphatic heterocycles. The molecule has 3 N–H and O–H groups in total. The number of ether oxygens (including phenoxy) is 1. The molecule has 0 bridgehead atoms. The van der Waals surface area contributed by atoms with Crippen molar-refractivity contribution in [3.05, 3.63) is 24.3 Å². The summed E-state index contributed by atoms with van der Waals surface area (Å²) >= 11 is 0. The highest BCUT2D eigenvalue weighted by molar-refractivity contribution is 5.78. The van der Waals surface area contributed by atoms with Crippen molar-refractivity contribution in [1.82, 2.24) is 9.80 Å². The molecule has 10 heteroatoms. The topological polar surface area (TPSA) is 145 Å². The van der Waals surface area contributed by atoms with Gasteiger partial charge in [-0.25, -0.2) is 0 Å². The Morgan fingerprint density at radius 3 is 1.53 bits per heavy atom. The molecule has 0 radical (unpaired) electrons. The monoisotopic (exact) mass is 721 g/mol. The van der Waals surface area contributed by atoms with Gasteiger partial charge in [0.2, 0.25) is 11.8 Å². The molecule has 2 unspecified atom stereocenters. The highest BCUT2D eigenvalue weighted by atomic mass is 16.5. The summed E-state index contributed by atoms with van der Waals surface area (Å²) in [5.41, 5.74) is 0. The summed E-state index contributed by atoms with van der Waals surface area (Å²) in [5.74, 6) is -0.472. The van der Waals surface area contributed by atoms with Crippen molar-refractivity contribution in [1.29, 1.82) is 0 Å². The number of carbonyl (C=O) groups is 4. The van der Waals surface area contributed by atoms with Gasteiger partial charge >= 0.3 is 11.9 Å². The largest absolute Gasteiger partial charge is 0.481 e. The lowest BCUT2D eigenvalue weighted by molar-refractivity contribution is -0.141. The van der Waals surface area contributed by atoms with E-state index in [9.17, 15) is 29.4 Å². The van der Waals surface area contributed by atoms with E-state index in [-0.39, 0.29) is 36.3 Å². The zero-order valence-electron chi connectivity index (χ0n) is 32.3. The number of methoxy groups -OCH3 is 1. The van der Waals surface area contributed by atoms with Gasteiger partial charge in [-0.05, 0) is 64.2 Å². The minimum Gasteiger partial charge on any atom is -0.481 e. The molecule has 2 amide bonds. The zero-order valence-corrected chi connectivity index (χ0v) is 32.3. The van der Waals surface area contributed by atoms with Crippen molar-refractivity contribution in [3.63, 3.8) is 0 Å². The summed E-state index contributed by atoms with van der Waals surface area (Å²) in [6, 6.07) is 0.216. The molecule has 2 aliphatic rings. The number of likely N-dealkylation sites (tertiary alicyclic amines) is 2. The molecule has 0 aliphatic carbocycles. The van der Waals surface area contributed by atoms with Crippen LogP contribution in [0.2, 0.25) is 0 Å². The molecule has 2 fully saturated rings. The first-order valence-corrected chi connectivity index (χ1v) is 20.2. The van der Waals surface area contributed by atoms with Gasteiger partial charge in [0.15, 0.2) is 0 Å². The molecule has 4 atom stereocenters. The molecule has 51 heavy (non-hydrogen) atoms. The first-order chi connectivity index (χ1) is 24.6. The van der Waals surface area contributed by atoms with Crippen LogP contribution in [0.5, 0.6) is 0 Å². The minimum atomic E-state index is -0.742. The van der Waals surface area contributed by atoms with Crippen LogP contribution in [0.1, 0.15) is 168 Å². The van der Waals surface area contributed by atoms with E-state index in [1.165, 1.54) is 7.11 Å². The maximum atomic E-state index is 12.3. The Kier molecular flexibility index (Phi) is 27.1. The first-order valence-electron chi connectivity index (χ1n) is 20.2. The van der Waals surface area contributed by atoms with Crippen LogP contribution in [0.3, 0.4) is 0 Å². The molecule has 2 rings (SSSR count). The Morgan fingerprint density at radius 2 is 1.12 bits per heavy atom. The lowest BCUT2D eigenvalue weighted by Gasteiger charge is -2.34. The summed E-state index contributed by atoms with van der Waals surface area (Å²) in [6.07, 6.45) is 28.2. The van der Waals surface area contributed by atoms with E-state index < -0.39 is 18.2 Å². The molecule has 0 saturated carbocycles. The fraction of sp³-hybridized carbons (Fsp3) is 0.805. The molecule has 0 spiro atoms. The molecular weight excluding hydrogens is 648 g/mol. The van der Waals surface area contributed by atoms with E-state index in [0.29, 0.717) is 25.7 Å². The highest BCUT2D eigenvalue weighted by Crippen LogP contribution is 2.22. The van der Waals surface area contributed by atoms with E-state index in [1.807, 2.05) is 34.1 Å². The molecular formula is C41H72N2O8. The van der Waals surface area contributed by atoms with E-state index in [1.54, 1.807) is 0 Å². The number of aliphatic carboxylic acids is 1. The van der Waals surface area contributed by atoms with Gasteiger partial charge in [0.25, 0.3) is 0 Å². The number of rotatable bonds is 26. The smallest absolute Gasteiger partial charge is 0.305 e. The third-order valence-corrected chi connectivity index (χ3v) is 9.84. The van der Waals surface area contributed by atoms with Gasteiger partial charge in [0.05, 0.1) is 31.4 Å². The van der Waals surface area contributed by atoms with E-state index >= 15 is 0 Å². The zero-order chi connectivity index (χ0) is 37.7. The summed E-state index contributed by atoms with van der Waals surface area (Å²) in [6.45, 7) is 5.80. The quantitative estimate of drug-likeness (QED) is 0.0465. The second-order valence-electron chi connectivity index (χ2n) is 14.3. The number of aliphatic hydroxyl groups is 2. The van der Waals surface area contributed by atoms with Crippen molar-refractivity contribution in [2.24, 2.45) is 0 Å².